The number of nitrogen functional groups attached to an aromatic ring is 1. The second-order valence-corrected chi connectivity index (χ2v) is 7.10. The van der Waals surface area contributed by atoms with Gasteiger partial charge in [0, 0.05) is 47.9 Å². The molecular weight excluding hydrogens is 437 g/mol. The van der Waals surface area contributed by atoms with Gasteiger partial charge >= 0.3 is 0 Å². The van der Waals surface area contributed by atoms with Crippen LogP contribution in [0.2, 0.25) is 0 Å². The molecule has 0 bridgehead atoms. The number of nitrogens with two attached hydrogens (primary N) is 1. The Bertz CT molecular complexity index is 719. The predicted octanol–water partition coefficient (Wildman–Crippen LogP) is 4.39. The second-order valence-electron chi connectivity index (χ2n) is 6.18. The molecule has 0 saturated carbocycles. The van der Waals surface area contributed by atoms with Crippen molar-refractivity contribution >= 4 is 52.3 Å². The van der Waals surface area contributed by atoms with Crippen LogP contribution in [0.4, 0.5) is 5.69 Å². The van der Waals surface area contributed by atoms with Gasteiger partial charge < -0.3 is 10.6 Å². The van der Waals surface area contributed by atoms with Crippen molar-refractivity contribution in [1.29, 1.82) is 0 Å². The number of carbonyl (C=O) groups is 1. The third kappa shape index (κ3) is 5.36. The number of hydrogen-bond acceptors (Lipinski definition) is 3. The molecule has 1 amide bonds. The van der Waals surface area contributed by atoms with Crippen molar-refractivity contribution in [3.63, 3.8) is 0 Å². The smallest absolute Gasteiger partial charge is 0.254 e. The Balaban J connectivity index is 0.00000169. The minimum absolute atomic E-state index is 0. The fourth-order valence-corrected chi connectivity index (χ4v) is 3.38. The molecule has 2 N–H and O–H groups in total. The summed E-state index contributed by atoms with van der Waals surface area (Å²) < 4.78 is 1.09. The number of anilines is 1. The summed E-state index contributed by atoms with van der Waals surface area (Å²) in [7, 11) is 0. The highest BCUT2D eigenvalue weighted by Crippen LogP contribution is 2.23. The van der Waals surface area contributed by atoms with E-state index < -0.39 is 0 Å². The number of amides is 1. The van der Waals surface area contributed by atoms with Crippen LogP contribution < -0.4 is 5.73 Å². The minimum Gasteiger partial charge on any atom is -0.399 e. The Hall–Kier alpha value is -1.27. The zero-order valence-corrected chi connectivity index (χ0v) is 17.8. The fourth-order valence-electron chi connectivity index (χ4n) is 3.12. The largest absolute Gasteiger partial charge is 0.399 e. The maximum Gasteiger partial charge on any atom is 0.254 e. The quantitative estimate of drug-likeness (QED) is 0.690. The monoisotopic (exact) mass is 459 g/mol. The molecule has 2 aromatic carbocycles. The molecule has 1 fully saturated rings. The highest BCUT2D eigenvalue weighted by Gasteiger charge is 2.25. The number of benzene rings is 2. The van der Waals surface area contributed by atoms with Gasteiger partial charge in [-0.25, -0.2) is 0 Å². The minimum atomic E-state index is 0. The number of piperazine rings is 1. The molecule has 1 atom stereocenters. The molecule has 1 aliphatic rings. The van der Waals surface area contributed by atoms with Crippen LogP contribution in [0.5, 0.6) is 0 Å². The van der Waals surface area contributed by atoms with E-state index in [9.17, 15) is 4.79 Å². The number of carbonyl (C=O) groups excluding carboxylic acids is 1. The molecule has 1 unspecified atom stereocenters. The molecule has 0 aromatic heterocycles. The Kier molecular flexibility index (Phi) is 8.90. The van der Waals surface area contributed by atoms with E-state index in [2.05, 4.69) is 52.0 Å². The van der Waals surface area contributed by atoms with E-state index in [1.54, 1.807) is 12.1 Å². The van der Waals surface area contributed by atoms with Crippen LogP contribution in [0.15, 0.2) is 53.0 Å². The first-order chi connectivity index (χ1) is 11.5. The fraction of sp³-hybridized carbons (Fsp3) is 0.316. The third-order valence-electron chi connectivity index (χ3n) is 4.64. The summed E-state index contributed by atoms with van der Waals surface area (Å²) in [6.45, 7) is 5.47. The Labute approximate surface area is 175 Å². The van der Waals surface area contributed by atoms with Gasteiger partial charge in [0.05, 0.1) is 0 Å². The van der Waals surface area contributed by atoms with Gasteiger partial charge in [-0.05, 0) is 42.8 Å². The molecule has 1 aliphatic heterocycles. The molecule has 7 heteroatoms. The second kappa shape index (κ2) is 10.2. The van der Waals surface area contributed by atoms with Crippen LogP contribution in [-0.4, -0.2) is 41.9 Å². The first kappa shape index (κ1) is 22.8. The molecular formula is C19H24BrCl2N3O. The van der Waals surface area contributed by atoms with Crippen molar-refractivity contribution in [3.05, 3.63) is 64.1 Å². The average molecular weight is 461 g/mol. The van der Waals surface area contributed by atoms with E-state index in [1.807, 2.05) is 17.0 Å². The van der Waals surface area contributed by atoms with E-state index in [0.29, 0.717) is 17.3 Å². The van der Waals surface area contributed by atoms with Gasteiger partial charge in [-0.2, -0.15) is 0 Å². The van der Waals surface area contributed by atoms with Crippen molar-refractivity contribution < 1.29 is 4.79 Å². The first-order valence-electron chi connectivity index (χ1n) is 8.19. The maximum atomic E-state index is 12.6. The van der Waals surface area contributed by atoms with Crippen molar-refractivity contribution in [2.24, 2.45) is 0 Å². The lowest BCUT2D eigenvalue weighted by atomic mass is 10.1. The van der Waals surface area contributed by atoms with Crippen molar-refractivity contribution in [3.8, 4) is 0 Å². The molecule has 26 heavy (non-hydrogen) atoms. The Morgan fingerprint density at radius 3 is 2.23 bits per heavy atom. The first-order valence-corrected chi connectivity index (χ1v) is 8.98. The van der Waals surface area contributed by atoms with E-state index in [-0.39, 0.29) is 30.7 Å². The number of halogens is 3. The van der Waals surface area contributed by atoms with E-state index in [4.69, 9.17) is 5.73 Å². The normalized spacial score (nSPS) is 15.5. The maximum absolute atomic E-state index is 12.6. The van der Waals surface area contributed by atoms with Gasteiger partial charge in [0.25, 0.3) is 5.91 Å². The van der Waals surface area contributed by atoms with Crippen molar-refractivity contribution in [2.75, 3.05) is 31.9 Å². The summed E-state index contributed by atoms with van der Waals surface area (Å²) in [6, 6.07) is 16.0. The zero-order chi connectivity index (χ0) is 17.1. The number of hydrogen-bond donors (Lipinski definition) is 1. The molecule has 4 nitrogen and oxygen atoms in total. The lowest BCUT2D eigenvalue weighted by Crippen LogP contribution is -2.49. The summed E-state index contributed by atoms with van der Waals surface area (Å²) in [6.07, 6.45) is 0. The van der Waals surface area contributed by atoms with E-state index >= 15 is 0 Å². The van der Waals surface area contributed by atoms with Gasteiger partial charge in [-0.15, -0.1) is 24.8 Å². The summed E-state index contributed by atoms with van der Waals surface area (Å²) >= 11 is 3.47. The van der Waals surface area contributed by atoms with Gasteiger partial charge in [0.2, 0.25) is 0 Å². The van der Waals surface area contributed by atoms with Gasteiger partial charge in [-0.1, -0.05) is 34.1 Å². The average Bonchev–Trinajstić information content (AvgIpc) is 2.61. The molecule has 0 spiro atoms. The standard InChI is InChI=1S/C19H22BrN3O.2ClH/c1-14(15-5-7-17(20)8-6-15)22-9-11-23(12-10-22)19(24)16-3-2-4-18(21)13-16;;/h2-8,13-14H,9-12,21H2,1H3;2*1H. The molecule has 1 heterocycles. The van der Waals surface area contributed by atoms with Crippen molar-refractivity contribution in [1.82, 2.24) is 9.80 Å². The van der Waals surface area contributed by atoms with E-state index in [0.717, 1.165) is 30.7 Å². The molecule has 0 radical (unpaired) electrons. The molecule has 2 aromatic rings. The predicted molar refractivity (Wildman–Crippen MR) is 115 cm³/mol. The molecule has 3 rings (SSSR count). The summed E-state index contributed by atoms with van der Waals surface area (Å²) in [5, 5.41) is 0. The highest BCUT2D eigenvalue weighted by molar-refractivity contribution is 9.10. The van der Waals surface area contributed by atoms with Crippen molar-refractivity contribution in [2.45, 2.75) is 13.0 Å². The van der Waals surface area contributed by atoms with Gasteiger partial charge in [0.15, 0.2) is 0 Å². The molecule has 142 valence electrons. The van der Waals surface area contributed by atoms with Crippen LogP contribution >= 0.6 is 40.7 Å². The van der Waals surface area contributed by atoms with E-state index in [1.165, 1.54) is 5.56 Å². The Morgan fingerprint density at radius 1 is 1.04 bits per heavy atom. The van der Waals surface area contributed by atoms with Crippen LogP contribution in [0.1, 0.15) is 28.9 Å². The molecule has 1 saturated heterocycles. The summed E-state index contributed by atoms with van der Waals surface area (Å²) in [5.41, 5.74) is 8.38. The molecule has 0 aliphatic carbocycles. The highest BCUT2D eigenvalue weighted by atomic mass is 79.9. The Morgan fingerprint density at radius 2 is 1.65 bits per heavy atom. The summed E-state index contributed by atoms with van der Waals surface area (Å²) in [5.74, 6) is 0.0678. The SMILES string of the molecule is CC(c1ccc(Br)cc1)N1CCN(C(=O)c2cccc(N)c2)CC1.Cl.Cl. The summed E-state index contributed by atoms with van der Waals surface area (Å²) in [4.78, 5) is 16.9. The lowest BCUT2D eigenvalue weighted by Gasteiger charge is -2.38. The van der Waals surface area contributed by atoms with Gasteiger partial charge in [0.1, 0.15) is 0 Å². The topological polar surface area (TPSA) is 49.6 Å². The number of nitrogens with zero attached hydrogens (tertiary/aromatic N) is 2. The van der Waals surface area contributed by atoms with Crippen LogP contribution in [0, 0.1) is 0 Å². The van der Waals surface area contributed by atoms with Crippen LogP contribution in [0.3, 0.4) is 0 Å². The van der Waals surface area contributed by atoms with Crippen LogP contribution in [-0.2, 0) is 0 Å². The van der Waals surface area contributed by atoms with Crippen LogP contribution in [0.25, 0.3) is 0 Å². The number of rotatable bonds is 3. The van der Waals surface area contributed by atoms with Gasteiger partial charge in [-0.3, -0.25) is 9.69 Å². The third-order valence-corrected chi connectivity index (χ3v) is 5.16. The lowest BCUT2D eigenvalue weighted by molar-refractivity contribution is 0.0582. The zero-order valence-electron chi connectivity index (χ0n) is 14.6.